The van der Waals surface area contributed by atoms with Crippen LogP contribution >= 0.6 is 12.2 Å². The number of hydrogen-bond donors (Lipinski definition) is 2. The molecule has 0 aliphatic carbocycles. The lowest BCUT2D eigenvalue weighted by Gasteiger charge is -2.25. The summed E-state index contributed by atoms with van der Waals surface area (Å²) in [6.45, 7) is 2.04. The summed E-state index contributed by atoms with van der Waals surface area (Å²) in [5.41, 5.74) is 4.88. The maximum Gasteiger partial charge on any atom is 0.194 e. The topological polar surface area (TPSA) is 47.9 Å². The molecule has 0 radical (unpaired) electrons. The van der Waals surface area contributed by atoms with Crippen molar-refractivity contribution in [2.45, 2.75) is 19.4 Å². The number of hydrazone groups is 1. The monoisotopic (exact) mass is 387 g/mol. The van der Waals surface area contributed by atoms with Gasteiger partial charge in [0.25, 0.3) is 0 Å². The summed E-state index contributed by atoms with van der Waals surface area (Å²) in [5.74, 6) is 0.251. The predicted octanol–water partition coefficient (Wildman–Crippen LogP) is 5.25. The average Bonchev–Trinajstić information content (AvgIpc) is 3.16. The molecule has 28 heavy (non-hydrogen) atoms. The number of phenols is 1. The smallest absolute Gasteiger partial charge is 0.194 e. The van der Waals surface area contributed by atoms with E-state index >= 15 is 0 Å². The molecule has 1 atom stereocenters. The first-order chi connectivity index (χ1) is 13.6. The molecule has 2 N–H and O–H groups in total. The fourth-order valence-electron chi connectivity index (χ4n) is 3.40. The number of nitrogens with one attached hydrogen (secondary N) is 1. The Hall–Kier alpha value is -3.18. The van der Waals surface area contributed by atoms with Crippen molar-refractivity contribution in [3.05, 3.63) is 95.6 Å². The molecule has 3 aromatic rings. The number of aromatic hydroxyl groups is 1. The highest BCUT2D eigenvalue weighted by molar-refractivity contribution is 7.80. The van der Waals surface area contributed by atoms with Gasteiger partial charge in [-0.3, -0.25) is 0 Å². The van der Waals surface area contributed by atoms with Crippen LogP contribution in [0.15, 0.2) is 84.0 Å². The van der Waals surface area contributed by atoms with E-state index in [9.17, 15) is 5.11 Å². The van der Waals surface area contributed by atoms with Crippen LogP contribution in [0.4, 0.5) is 5.69 Å². The Balaban J connectivity index is 1.69. The molecule has 0 bridgehead atoms. The maximum absolute atomic E-state index is 10.4. The number of rotatable bonds is 3. The van der Waals surface area contributed by atoms with Gasteiger partial charge in [-0.15, -0.1) is 0 Å². The summed E-state index contributed by atoms with van der Waals surface area (Å²) in [4.78, 5) is 0. The fourth-order valence-corrected chi connectivity index (χ4v) is 3.68. The maximum atomic E-state index is 10.4. The lowest BCUT2D eigenvalue weighted by atomic mass is 9.98. The molecule has 1 heterocycles. The van der Waals surface area contributed by atoms with Gasteiger partial charge in [0, 0.05) is 17.7 Å². The summed E-state index contributed by atoms with van der Waals surface area (Å²) >= 11 is 5.70. The number of anilines is 1. The Morgan fingerprint density at radius 1 is 1.00 bits per heavy atom. The van der Waals surface area contributed by atoms with Crippen LogP contribution in [0.5, 0.6) is 5.75 Å². The van der Waals surface area contributed by atoms with Crippen LogP contribution in [0.2, 0.25) is 0 Å². The second-order valence-electron chi connectivity index (χ2n) is 6.78. The summed E-state index contributed by atoms with van der Waals surface area (Å²) in [5, 5.41) is 20.9. The van der Waals surface area contributed by atoms with E-state index in [0.29, 0.717) is 11.5 Å². The van der Waals surface area contributed by atoms with Crippen LogP contribution in [0, 0.1) is 6.92 Å². The van der Waals surface area contributed by atoms with Crippen molar-refractivity contribution in [2.75, 3.05) is 5.32 Å². The zero-order valence-corrected chi connectivity index (χ0v) is 16.4. The average molecular weight is 388 g/mol. The Kier molecular flexibility index (Phi) is 5.08. The van der Waals surface area contributed by atoms with Crippen LogP contribution in [0.25, 0.3) is 0 Å². The van der Waals surface area contributed by atoms with E-state index in [-0.39, 0.29) is 11.8 Å². The summed E-state index contributed by atoms with van der Waals surface area (Å²) < 4.78 is 0. The quantitative estimate of drug-likeness (QED) is 0.603. The summed E-state index contributed by atoms with van der Waals surface area (Å²) in [6.07, 6.45) is 0.664. The molecule has 4 nitrogen and oxygen atoms in total. The Morgan fingerprint density at radius 2 is 1.68 bits per heavy atom. The highest BCUT2D eigenvalue weighted by Gasteiger charge is 2.33. The van der Waals surface area contributed by atoms with Gasteiger partial charge in [0.1, 0.15) is 5.75 Å². The first kappa shape index (κ1) is 18.2. The van der Waals surface area contributed by atoms with Crippen molar-refractivity contribution >= 4 is 28.7 Å². The molecule has 5 heteroatoms. The normalized spacial score (nSPS) is 16.0. The molecule has 0 spiro atoms. The molecule has 0 amide bonds. The van der Waals surface area contributed by atoms with Crippen LogP contribution in [-0.4, -0.2) is 20.9 Å². The predicted molar refractivity (Wildman–Crippen MR) is 118 cm³/mol. The van der Waals surface area contributed by atoms with Crippen LogP contribution in [0.1, 0.15) is 29.2 Å². The van der Waals surface area contributed by atoms with Gasteiger partial charge in [-0.2, -0.15) is 5.10 Å². The largest absolute Gasteiger partial charge is 0.508 e. The molecule has 1 aliphatic rings. The Bertz CT molecular complexity index is 1030. The third-order valence-corrected chi connectivity index (χ3v) is 5.20. The zero-order valence-electron chi connectivity index (χ0n) is 15.5. The molecular formula is C23H21N3OS. The van der Waals surface area contributed by atoms with E-state index in [0.717, 1.165) is 28.1 Å². The van der Waals surface area contributed by atoms with Crippen LogP contribution in [-0.2, 0) is 0 Å². The number of nitrogens with zero attached hydrogens (tertiary/aromatic N) is 2. The third kappa shape index (κ3) is 3.62. The highest BCUT2D eigenvalue weighted by Crippen LogP contribution is 2.37. The van der Waals surface area contributed by atoms with Crippen molar-refractivity contribution in [2.24, 2.45) is 5.10 Å². The van der Waals surface area contributed by atoms with Crippen molar-refractivity contribution in [3.8, 4) is 5.75 Å². The molecular weight excluding hydrogens is 366 g/mol. The number of benzene rings is 3. The molecule has 4 rings (SSSR count). The second kappa shape index (κ2) is 7.82. The molecule has 140 valence electrons. The minimum absolute atomic E-state index is 0.166. The Morgan fingerprint density at radius 3 is 2.43 bits per heavy atom. The van der Waals surface area contributed by atoms with Gasteiger partial charge in [0.05, 0.1) is 11.8 Å². The molecule has 3 aromatic carbocycles. The lowest BCUT2D eigenvalue weighted by Crippen LogP contribution is -2.31. The Labute approximate surface area is 170 Å². The first-order valence-corrected chi connectivity index (χ1v) is 9.61. The molecule has 1 aliphatic heterocycles. The third-order valence-electron chi connectivity index (χ3n) is 4.91. The standard InChI is InChI=1S/C23H21N3OS/c1-16-9-5-7-13-19(16)24-23(28)26-21(18-12-6-8-14-22(18)27)15-20(25-26)17-10-3-2-4-11-17/h2-14,21,27H,15H2,1H3,(H,24,28). The lowest BCUT2D eigenvalue weighted by molar-refractivity contribution is 0.359. The molecule has 0 fully saturated rings. The molecule has 0 saturated heterocycles. The van der Waals surface area contributed by atoms with E-state index in [4.69, 9.17) is 17.3 Å². The number of para-hydroxylation sites is 2. The highest BCUT2D eigenvalue weighted by atomic mass is 32.1. The van der Waals surface area contributed by atoms with Gasteiger partial charge in [-0.1, -0.05) is 66.7 Å². The molecule has 1 unspecified atom stereocenters. The first-order valence-electron chi connectivity index (χ1n) is 9.20. The number of phenolic OH excluding ortho intramolecular Hbond substituents is 1. The minimum Gasteiger partial charge on any atom is -0.508 e. The fraction of sp³-hybridized carbons (Fsp3) is 0.130. The van der Waals surface area contributed by atoms with Gasteiger partial charge in [-0.25, -0.2) is 5.01 Å². The van der Waals surface area contributed by atoms with E-state index < -0.39 is 0 Å². The van der Waals surface area contributed by atoms with E-state index in [1.807, 2.05) is 79.7 Å². The van der Waals surface area contributed by atoms with Crippen molar-refractivity contribution in [3.63, 3.8) is 0 Å². The van der Waals surface area contributed by atoms with Crippen LogP contribution < -0.4 is 5.32 Å². The SMILES string of the molecule is Cc1ccccc1NC(=S)N1N=C(c2ccccc2)CC1c1ccccc1O. The summed E-state index contributed by atoms with van der Waals surface area (Å²) in [6, 6.07) is 25.3. The van der Waals surface area contributed by atoms with E-state index in [1.165, 1.54) is 0 Å². The van der Waals surface area contributed by atoms with Crippen LogP contribution in [0.3, 0.4) is 0 Å². The minimum atomic E-state index is -0.166. The van der Waals surface area contributed by atoms with Gasteiger partial charge in [0.2, 0.25) is 0 Å². The van der Waals surface area contributed by atoms with Gasteiger partial charge >= 0.3 is 0 Å². The number of aryl methyl sites for hydroxylation is 1. The summed E-state index contributed by atoms with van der Waals surface area (Å²) in [7, 11) is 0. The van der Waals surface area contributed by atoms with Crippen molar-refractivity contribution in [1.29, 1.82) is 0 Å². The molecule has 0 aromatic heterocycles. The second-order valence-corrected chi connectivity index (χ2v) is 7.17. The van der Waals surface area contributed by atoms with Gasteiger partial charge in [0.15, 0.2) is 5.11 Å². The molecule has 0 saturated carbocycles. The zero-order chi connectivity index (χ0) is 19.5. The van der Waals surface area contributed by atoms with E-state index in [1.54, 1.807) is 11.1 Å². The van der Waals surface area contributed by atoms with Gasteiger partial charge in [-0.05, 0) is 42.4 Å². The number of thiocarbonyl (C=S) groups is 1. The van der Waals surface area contributed by atoms with E-state index in [2.05, 4.69) is 5.32 Å². The van der Waals surface area contributed by atoms with Crippen molar-refractivity contribution < 1.29 is 5.11 Å². The van der Waals surface area contributed by atoms with Gasteiger partial charge < -0.3 is 10.4 Å². The number of hydrogen-bond acceptors (Lipinski definition) is 3. The van der Waals surface area contributed by atoms with Crippen molar-refractivity contribution in [1.82, 2.24) is 5.01 Å².